The number of hydrogen-bond acceptors (Lipinski definition) is 2. The van der Waals surface area contributed by atoms with E-state index in [0.717, 1.165) is 0 Å². The molecule has 0 fully saturated rings. The maximum atomic E-state index is 11.0. The molecule has 0 amide bonds. The van der Waals surface area contributed by atoms with Crippen LogP contribution in [-0.2, 0) is 10.2 Å². The molecule has 8 heteroatoms. The molecule has 0 saturated heterocycles. The molecule has 0 radical (unpaired) electrons. The molecule has 0 heterocycles. The first kappa shape index (κ1) is 15.6. The van der Waals surface area contributed by atoms with Gasteiger partial charge < -0.3 is 0 Å². The van der Waals surface area contributed by atoms with Gasteiger partial charge in [-0.1, -0.05) is 43.0 Å². The lowest BCUT2D eigenvalue weighted by molar-refractivity contribution is -0.138. The average molecular weight is 268 g/mol. The highest BCUT2D eigenvalue weighted by Crippen LogP contribution is 2.09. The fraction of sp³-hybridized carbons (Fsp3) is 0.111. The van der Waals surface area contributed by atoms with Crippen molar-refractivity contribution in [3.63, 3.8) is 0 Å². The second-order valence-electron chi connectivity index (χ2n) is 2.76. The van der Waals surface area contributed by atoms with E-state index in [1.54, 1.807) is 0 Å². The molecule has 17 heavy (non-hydrogen) atoms. The zero-order valence-corrected chi connectivity index (χ0v) is 9.42. The zero-order valence-electron chi connectivity index (χ0n) is 8.61. The van der Waals surface area contributed by atoms with E-state index in [2.05, 4.69) is 11.7 Å². The van der Waals surface area contributed by atoms with Gasteiger partial charge in [-0.25, -0.2) is 5.14 Å². The number of hydrogen-bond donors (Lipinski definition) is 2. The Hall–Kier alpha value is -1.38. The van der Waals surface area contributed by atoms with Crippen molar-refractivity contribution >= 4 is 16.3 Å². The Labute approximate surface area is 97.1 Å². The third-order valence-corrected chi connectivity index (χ3v) is 1.81. The minimum atomic E-state index is -4.98. The molecule has 1 rings (SSSR count). The molecule has 96 valence electrons. The van der Waals surface area contributed by atoms with Gasteiger partial charge in [0.05, 0.1) is 0 Å². The summed E-state index contributed by atoms with van der Waals surface area (Å²) in [5.41, 5.74) is 1.17. The van der Waals surface area contributed by atoms with E-state index in [4.69, 9.17) is 0 Å². The van der Waals surface area contributed by atoms with Crippen LogP contribution in [0.1, 0.15) is 5.56 Å². The summed E-state index contributed by atoms with van der Waals surface area (Å²) in [4.78, 5) is 0. The molecule has 0 unspecified atom stereocenters. The van der Waals surface area contributed by atoms with Crippen LogP contribution >= 0.6 is 0 Å². The first-order valence-electron chi connectivity index (χ1n) is 4.20. The summed E-state index contributed by atoms with van der Waals surface area (Å²) in [6.45, 7) is 3.63. The number of rotatable bonds is 2. The van der Waals surface area contributed by atoms with Gasteiger partial charge in [-0.3, -0.25) is 0 Å². The van der Waals surface area contributed by atoms with Crippen molar-refractivity contribution in [1.82, 2.24) is 4.72 Å². The molecular formula is C9H11F3N2O2S. The quantitative estimate of drug-likeness (QED) is 0.800. The minimum Gasteiger partial charge on any atom is -0.216 e. The summed E-state index contributed by atoms with van der Waals surface area (Å²) in [6, 6.07) is 10.0. The van der Waals surface area contributed by atoms with Gasteiger partial charge in [0.1, 0.15) is 0 Å². The van der Waals surface area contributed by atoms with E-state index in [0.29, 0.717) is 0 Å². The van der Waals surface area contributed by atoms with Crippen LogP contribution in [0.5, 0.6) is 0 Å². The molecule has 0 aromatic heterocycles. The fourth-order valence-electron chi connectivity index (χ4n) is 0.750. The molecule has 3 N–H and O–H groups in total. The Kier molecular flexibility index (Phi) is 5.86. The van der Waals surface area contributed by atoms with Crippen molar-refractivity contribution in [1.29, 1.82) is 0 Å². The molecule has 0 aliphatic heterocycles. The summed E-state index contributed by atoms with van der Waals surface area (Å²) in [5.74, 6) is 0. The molecule has 4 nitrogen and oxygen atoms in total. The maximum absolute atomic E-state index is 11.0. The van der Waals surface area contributed by atoms with Crippen LogP contribution in [0.3, 0.4) is 0 Å². The summed E-state index contributed by atoms with van der Waals surface area (Å²) in [5, 5.41) is 3.96. The summed E-state index contributed by atoms with van der Waals surface area (Å²) < 4.78 is 52.3. The summed E-state index contributed by atoms with van der Waals surface area (Å²) in [6.07, 6.45) is -3.15. The topological polar surface area (TPSA) is 72.2 Å². The SMILES string of the molecule is C=Cc1ccccc1.NS(=O)(=O)NC(F)(F)F. The van der Waals surface area contributed by atoms with Gasteiger partial charge >= 0.3 is 6.30 Å². The largest absolute Gasteiger partial charge is 0.471 e. The predicted octanol–water partition coefficient (Wildman–Crippen LogP) is 1.63. The van der Waals surface area contributed by atoms with E-state index in [-0.39, 0.29) is 4.72 Å². The van der Waals surface area contributed by atoms with Crippen LogP contribution in [-0.4, -0.2) is 14.7 Å². The Bertz CT molecular complexity index is 443. The fourth-order valence-corrected chi connectivity index (χ4v) is 1.07. The second-order valence-corrected chi connectivity index (χ2v) is 4.05. The van der Waals surface area contributed by atoms with Gasteiger partial charge in [-0.15, -0.1) is 4.72 Å². The number of alkyl halides is 3. The number of benzene rings is 1. The molecular weight excluding hydrogens is 257 g/mol. The first-order valence-corrected chi connectivity index (χ1v) is 5.74. The van der Waals surface area contributed by atoms with E-state index >= 15 is 0 Å². The Balaban J connectivity index is 0.000000302. The highest BCUT2D eigenvalue weighted by Gasteiger charge is 2.31. The smallest absolute Gasteiger partial charge is 0.216 e. The van der Waals surface area contributed by atoms with E-state index < -0.39 is 16.5 Å². The van der Waals surface area contributed by atoms with Crippen molar-refractivity contribution in [2.45, 2.75) is 6.30 Å². The van der Waals surface area contributed by atoms with Crippen molar-refractivity contribution in [2.75, 3.05) is 0 Å². The predicted molar refractivity (Wildman–Crippen MR) is 58.8 cm³/mol. The monoisotopic (exact) mass is 268 g/mol. The van der Waals surface area contributed by atoms with Crippen LogP contribution in [0.15, 0.2) is 36.9 Å². The normalized spacial score (nSPS) is 11.3. The lowest BCUT2D eigenvalue weighted by Crippen LogP contribution is -2.41. The second kappa shape index (κ2) is 6.38. The zero-order chi connectivity index (χ0) is 13.5. The molecule has 0 aliphatic rings. The van der Waals surface area contributed by atoms with E-state index in [1.807, 2.05) is 36.4 Å². The maximum Gasteiger partial charge on any atom is 0.471 e. The molecule has 0 aliphatic carbocycles. The molecule has 0 bridgehead atoms. The van der Waals surface area contributed by atoms with Crippen molar-refractivity contribution in [3.8, 4) is 0 Å². The lowest BCUT2D eigenvalue weighted by atomic mass is 10.2. The summed E-state index contributed by atoms with van der Waals surface area (Å²) in [7, 11) is -4.66. The summed E-state index contributed by atoms with van der Waals surface area (Å²) >= 11 is 0. The molecule has 1 aromatic rings. The van der Waals surface area contributed by atoms with Gasteiger partial charge in [0.15, 0.2) is 0 Å². The van der Waals surface area contributed by atoms with Gasteiger partial charge in [0, 0.05) is 0 Å². The molecule has 0 atom stereocenters. The van der Waals surface area contributed by atoms with Crippen molar-refractivity contribution in [3.05, 3.63) is 42.5 Å². The minimum absolute atomic E-state index is 0.208. The molecule has 0 saturated carbocycles. The average Bonchev–Trinajstić information content (AvgIpc) is 2.14. The van der Waals surface area contributed by atoms with Crippen LogP contribution in [0.4, 0.5) is 13.2 Å². The molecule has 1 aromatic carbocycles. The van der Waals surface area contributed by atoms with Crippen LogP contribution in [0, 0.1) is 0 Å². The van der Waals surface area contributed by atoms with E-state index in [9.17, 15) is 21.6 Å². The Morgan fingerprint density at radius 2 is 1.71 bits per heavy atom. The van der Waals surface area contributed by atoms with Crippen LogP contribution in [0.2, 0.25) is 0 Å². The third-order valence-electron chi connectivity index (χ3n) is 1.29. The van der Waals surface area contributed by atoms with Crippen molar-refractivity contribution < 1.29 is 21.6 Å². The van der Waals surface area contributed by atoms with Crippen molar-refractivity contribution in [2.24, 2.45) is 5.14 Å². The first-order chi connectivity index (χ1) is 7.64. The Morgan fingerprint density at radius 1 is 1.24 bits per heavy atom. The highest BCUT2D eigenvalue weighted by molar-refractivity contribution is 7.87. The standard InChI is InChI=1S/C8H8.CH3F3N2O2S/c1-2-8-6-4-3-5-7-8;2-1(3,4)6-9(5,7)8/h2-7H,1H2;6H,(H2,5,7,8). The van der Waals surface area contributed by atoms with Crippen LogP contribution < -0.4 is 9.86 Å². The third kappa shape index (κ3) is 10.9. The highest BCUT2D eigenvalue weighted by atomic mass is 32.2. The molecule has 0 spiro atoms. The number of nitrogens with two attached hydrogens (primary N) is 1. The van der Waals surface area contributed by atoms with Gasteiger partial charge in [-0.05, 0) is 5.56 Å². The van der Waals surface area contributed by atoms with Crippen LogP contribution in [0.25, 0.3) is 6.08 Å². The number of nitrogens with one attached hydrogen (secondary N) is 1. The van der Waals surface area contributed by atoms with E-state index in [1.165, 1.54) is 5.56 Å². The lowest BCUT2D eigenvalue weighted by Gasteiger charge is -2.03. The van der Waals surface area contributed by atoms with Gasteiger partial charge in [-0.2, -0.15) is 21.6 Å². The number of halogens is 3. The Morgan fingerprint density at radius 3 is 1.88 bits per heavy atom. The van der Waals surface area contributed by atoms with Gasteiger partial charge in [0.25, 0.3) is 10.2 Å². The van der Waals surface area contributed by atoms with Gasteiger partial charge in [0.2, 0.25) is 0 Å².